The van der Waals surface area contributed by atoms with Crippen LogP contribution in [0.15, 0.2) is 36.4 Å². The minimum atomic E-state index is -1.62. The molecule has 0 unspecified atom stereocenters. The summed E-state index contributed by atoms with van der Waals surface area (Å²) in [6, 6.07) is 14.9. The molecule has 0 N–H and O–H groups in total. The SMILES string of the molecule is CCCCCCc1cc(CCCCCC)cc([Si](C)(C)[c-]2ccc(CC)c2)c1.[Cl-].[Cl-].[Cl-].[Ti+4]. The van der Waals surface area contributed by atoms with Gasteiger partial charge in [-0.3, -0.25) is 0 Å². The third-order valence-corrected chi connectivity index (χ3v) is 9.85. The number of unbranched alkanes of at least 4 members (excludes halogenated alkanes) is 6. The van der Waals surface area contributed by atoms with Crippen molar-refractivity contribution in [3.05, 3.63) is 53.1 Å². The molecule has 0 radical (unpaired) electrons. The van der Waals surface area contributed by atoms with E-state index in [1.165, 1.54) is 69.8 Å². The fraction of sp³-hybridized carbons (Fsp3) is 0.593. The summed E-state index contributed by atoms with van der Waals surface area (Å²) in [6.07, 6.45) is 14.4. The Morgan fingerprint density at radius 1 is 0.688 bits per heavy atom. The van der Waals surface area contributed by atoms with Crippen LogP contribution in [0.25, 0.3) is 0 Å². The zero-order valence-corrected chi connectivity index (χ0v) is 25.7. The van der Waals surface area contributed by atoms with Gasteiger partial charge in [-0.2, -0.15) is 22.9 Å². The zero-order chi connectivity index (χ0) is 20.4. The summed E-state index contributed by atoms with van der Waals surface area (Å²) in [5.74, 6) is 0. The van der Waals surface area contributed by atoms with Crippen molar-refractivity contribution < 1.29 is 58.9 Å². The van der Waals surface area contributed by atoms with Crippen LogP contribution in [0.2, 0.25) is 13.1 Å². The van der Waals surface area contributed by atoms with Crippen molar-refractivity contribution in [1.82, 2.24) is 0 Å². The first-order valence-corrected chi connectivity index (χ1v) is 14.9. The van der Waals surface area contributed by atoms with Gasteiger partial charge in [0.2, 0.25) is 0 Å². The standard InChI is InChI=1S/C27H43Si.3ClH.Ti/c1-6-9-11-13-15-24-19-25(16-14-12-10-7-2)22-27(21-24)28(4,5)26-18-17-23(8-3)20-26;;;;/h17-22H,6-16H2,1-5H3;3*1H;/q-1;;;;+4/p-3. The van der Waals surface area contributed by atoms with Crippen molar-refractivity contribution in [3.63, 3.8) is 0 Å². The molecule has 0 spiro atoms. The summed E-state index contributed by atoms with van der Waals surface area (Å²) < 4.78 is 0. The Labute approximate surface area is 233 Å². The van der Waals surface area contributed by atoms with Gasteiger partial charge in [-0.05, 0) is 36.8 Å². The molecule has 180 valence electrons. The van der Waals surface area contributed by atoms with Gasteiger partial charge in [0.1, 0.15) is 0 Å². The van der Waals surface area contributed by atoms with Crippen LogP contribution in [0.5, 0.6) is 0 Å². The number of hydrogen-bond donors (Lipinski definition) is 0. The molecule has 32 heavy (non-hydrogen) atoms. The Kier molecular flexibility index (Phi) is 22.7. The van der Waals surface area contributed by atoms with Gasteiger partial charge in [0, 0.05) is 0 Å². The minimum Gasteiger partial charge on any atom is -1.00 e. The monoisotopic (exact) mass is 548 g/mol. The molecule has 2 aromatic carbocycles. The van der Waals surface area contributed by atoms with E-state index in [1.807, 2.05) is 0 Å². The second-order valence-electron chi connectivity index (χ2n) is 9.15. The fourth-order valence-electron chi connectivity index (χ4n) is 4.19. The summed E-state index contributed by atoms with van der Waals surface area (Å²) in [5, 5.41) is 3.24. The van der Waals surface area contributed by atoms with Gasteiger partial charge in [-0.25, -0.2) is 6.07 Å². The van der Waals surface area contributed by atoms with Crippen molar-refractivity contribution in [3.8, 4) is 0 Å². The van der Waals surface area contributed by atoms with Crippen LogP contribution in [-0.2, 0) is 41.0 Å². The van der Waals surface area contributed by atoms with Crippen molar-refractivity contribution in [2.75, 3.05) is 0 Å². The Balaban J connectivity index is -0.00000210. The van der Waals surface area contributed by atoms with E-state index in [9.17, 15) is 0 Å². The zero-order valence-electron chi connectivity index (χ0n) is 20.9. The first-order valence-electron chi connectivity index (χ1n) is 11.9. The summed E-state index contributed by atoms with van der Waals surface area (Å²) in [7, 11) is -1.62. The van der Waals surface area contributed by atoms with Crippen LogP contribution < -0.4 is 47.6 Å². The molecule has 0 aromatic heterocycles. The fourth-order valence-corrected chi connectivity index (χ4v) is 6.66. The quantitative estimate of drug-likeness (QED) is 0.155. The van der Waals surface area contributed by atoms with Crippen LogP contribution in [0, 0.1) is 0 Å². The first kappa shape index (κ1) is 36.9. The Bertz CT molecular complexity index is 682. The molecular formula is C27H43Cl3SiTi. The molecule has 0 atom stereocenters. The number of hydrogen-bond acceptors (Lipinski definition) is 0. The Morgan fingerprint density at radius 3 is 1.59 bits per heavy atom. The number of aryl methyl sites for hydroxylation is 3. The van der Waals surface area contributed by atoms with E-state index in [-0.39, 0.29) is 58.9 Å². The van der Waals surface area contributed by atoms with Crippen LogP contribution in [0.3, 0.4) is 0 Å². The van der Waals surface area contributed by atoms with E-state index in [1.54, 1.807) is 21.5 Å². The first-order chi connectivity index (χ1) is 13.5. The van der Waals surface area contributed by atoms with Gasteiger partial charge in [-0.1, -0.05) is 102 Å². The molecule has 2 aromatic rings. The van der Waals surface area contributed by atoms with Gasteiger partial charge < -0.3 is 37.2 Å². The van der Waals surface area contributed by atoms with E-state index in [4.69, 9.17) is 0 Å². The molecule has 0 nitrogen and oxygen atoms in total. The smallest absolute Gasteiger partial charge is 1.00 e. The molecular weight excluding hydrogens is 507 g/mol. The number of benzene rings is 1. The summed E-state index contributed by atoms with van der Waals surface area (Å²) in [6.45, 7) is 11.9. The van der Waals surface area contributed by atoms with Crippen molar-refractivity contribution >= 4 is 18.4 Å². The Morgan fingerprint density at radius 2 is 1.19 bits per heavy atom. The molecule has 0 bridgehead atoms. The van der Waals surface area contributed by atoms with Crippen LogP contribution in [0.1, 0.15) is 88.8 Å². The van der Waals surface area contributed by atoms with Crippen molar-refractivity contribution in [2.45, 2.75) is 104 Å². The predicted molar refractivity (Wildman–Crippen MR) is 130 cm³/mol. The minimum absolute atomic E-state index is 0. The molecule has 0 heterocycles. The summed E-state index contributed by atoms with van der Waals surface area (Å²) in [4.78, 5) is 0. The van der Waals surface area contributed by atoms with Gasteiger partial charge in [-0.15, -0.1) is 0 Å². The largest absolute Gasteiger partial charge is 4.00 e. The van der Waals surface area contributed by atoms with Crippen molar-refractivity contribution in [1.29, 1.82) is 0 Å². The maximum absolute atomic E-state index is 2.56. The van der Waals surface area contributed by atoms with Gasteiger partial charge in [0.15, 0.2) is 0 Å². The van der Waals surface area contributed by atoms with Gasteiger partial charge in [0.05, 0.1) is 8.07 Å². The molecule has 0 amide bonds. The molecule has 0 aliphatic heterocycles. The second-order valence-corrected chi connectivity index (χ2v) is 13.6. The van der Waals surface area contributed by atoms with Crippen LogP contribution in [0.4, 0.5) is 0 Å². The molecule has 0 fully saturated rings. The predicted octanol–water partition coefficient (Wildman–Crippen LogP) is -1.95. The van der Waals surface area contributed by atoms with Crippen LogP contribution >= 0.6 is 0 Å². The van der Waals surface area contributed by atoms with Crippen LogP contribution in [-0.4, -0.2) is 8.07 Å². The van der Waals surface area contributed by atoms with Gasteiger partial charge in [0.25, 0.3) is 0 Å². The topological polar surface area (TPSA) is 0 Å². The number of halogens is 3. The normalized spacial score (nSPS) is 10.4. The summed E-state index contributed by atoms with van der Waals surface area (Å²) >= 11 is 0. The van der Waals surface area contributed by atoms with Gasteiger partial charge >= 0.3 is 21.7 Å². The van der Waals surface area contributed by atoms with Crippen molar-refractivity contribution in [2.24, 2.45) is 0 Å². The molecule has 0 saturated heterocycles. The maximum Gasteiger partial charge on any atom is 4.00 e. The molecule has 0 aliphatic rings. The average Bonchev–Trinajstić information content (AvgIpc) is 3.19. The Hall–Kier alpha value is 0.371. The molecule has 5 heteroatoms. The number of rotatable bonds is 13. The molecule has 0 saturated carbocycles. The molecule has 2 rings (SSSR count). The summed E-state index contributed by atoms with van der Waals surface area (Å²) in [5.41, 5.74) is 4.66. The average molecular weight is 550 g/mol. The third kappa shape index (κ3) is 11.7. The van der Waals surface area contributed by atoms with E-state index in [0.717, 1.165) is 6.42 Å². The van der Waals surface area contributed by atoms with E-state index in [0.29, 0.717) is 0 Å². The van der Waals surface area contributed by atoms with E-state index >= 15 is 0 Å². The third-order valence-electron chi connectivity index (χ3n) is 6.36. The second kappa shape index (κ2) is 19.7. The van der Waals surface area contributed by atoms with E-state index in [2.05, 4.69) is 70.3 Å². The van der Waals surface area contributed by atoms with E-state index < -0.39 is 8.07 Å². The molecule has 0 aliphatic carbocycles. The maximum atomic E-state index is 2.56.